The van der Waals surface area contributed by atoms with E-state index in [0.29, 0.717) is 17.5 Å². The molecule has 0 aliphatic heterocycles. The van der Waals surface area contributed by atoms with Gasteiger partial charge in [0.25, 0.3) is 5.56 Å². The minimum Gasteiger partial charge on any atom is -0.507 e. The van der Waals surface area contributed by atoms with E-state index in [1.54, 1.807) is 16.7 Å². The van der Waals surface area contributed by atoms with Gasteiger partial charge in [0, 0.05) is 17.5 Å². The fourth-order valence-corrected chi connectivity index (χ4v) is 2.52. The second-order valence-corrected chi connectivity index (χ2v) is 4.68. The van der Waals surface area contributed by atoms with Crippen molar-refractivity contribution in [2.75, 3.05) is 0 Å². The highest BCUT2D eigenvalue weighted by molar-refractivity contribution is 5.86. The van der Waals surface area contributed by atoms with E-state index in [2.05, 4.69) is 0 Å². The van der Waals surface area contributed by atoms with E-state index in [1.807, 2.05) is 49.4 Å². The molecule has 0 aliphatic rings. The molecule has 3 rings (SSSR count). The average molecular weight is 265 g/mol. The molecular weight excluding hydrogens is 250 g/mol. The van der Waals surface area contributed by atoms with E-state index in [9.17, 15) is 9.90 Å². The van der Waals surface area contributed by atoms with Crippen LogP contribution in [0.2, 0.25) is 0 Å². The Morgan fingerprint density at radius 2 is 1.75 bits per heavy atom. The third-order valence-corrected chi connectivity index (χ3v) is 3.52. The maximum Gasteiger partial charge on any atom is 0.258 e. The number of aromatic nitrogens is 1. The predicted octanol–water partition coefficient (Wildman–Crippen LogP) is 3.39. The second kappa shape index (κ2) is 4.85. The van der Waals surface area contributed by atoms with Gasteiger partial charge in [0.05, 0.1) is 5.69 Å². The van der Waals surface area contributed by atoms with Crippen LogP contribution in [0, 0.1) is 0 Å². The fraction of sp³-hybridized carbons (Fsp3) is 0.118. The van der Waals surface area contributed by atoms with Gasteiger partial charge in [-0.1, -0.05) is 30.3 Å². The molecule has 100 valence electrons. The Hall–Kier alpha value is -2.55. The number of hydrogen-bond donors (Lipinski definition) is 1. The van der Waals surface area contributed by atoms with E-state index in [-0.39, 0.29) is 11.3 Å². The van der Waals surface area contributed by atoms with Crippen molar-refractivity contribution in [1.82, 2.24) is 4.57 Å². The fourth-order valence-electron chi connectivity index (χ4n) is 2.52. The molecule has 0 radical (unpaired) electrons. The summed E-state index contributed by atoms with van der Waals surface area (Å²) in [6.07, 6.45) is 0. The number of fused-ring (bicyclic) bond motifs is 1. The molecule has 0 unspecified atom stereocenters. The first-order valence-electron chi connectivity index (χ1n) is 6.63. The number of pyridine rings is 1. The van der Waals surface area contributed by atoms with E-state index in [1.165, 1.54) is 0 Å². The smallest absolute Gasteiger partial charge is 0.258 e. The van der Waals surface area contributed by atoms with Gasteiger partial charge in [-0.3, -0.25) is 4.79 Å². The van der Waals surface area contributed by atoms with Crippen molar-refractivity contribution in [2.24, 2.45) is 0 Å². The Labute approximate surface area is 116 Å². The maximum atomic E-state index is 12.5. The quantitative estimate of drug-likeness (QED) is 0.771. The number of phenols is 1. The number of nitrogens with zero attached hydrogens (tertiary/aromatic N) is 1. The molecule has 0 fully saturated rings. The molecule has 1 aromatic heterocycles. The summed E-state index contributed by atoms with van der Waals surface area (Å²) in [6.45, 7) is 2.49. The van der Waals surface area contributed by atoms with Crippen molar-refractivity contribution in [3.05, 3.63) is 65.0 Å². The van der Waals surface area contributed by atoms with Crippen LogP contribution in [-0.4, -0.2) is 9.67 Å². The summed E-state index contributed by atoms with van der Waals surface area (Å²) in [5.41, 5.74) is 1.40. The molecule has 20 heavy (non-hydrogen) atoms. The number of hydrogen-bond acceptors (Lipinski definition) is 2. The summed E-state index contributed by atoms with van der Waals surface area (Å²) in [4.78, 5) is 12.5. The van der Waals surface area contributed by atoms with Crippen molar-refractivity contribution in [3.63, 3.8) is 0 Å². The largest absolute Gasteiger partial charge is 0.507 e. The number of para-hydroxylation sites is 1. The minimum absolute atomic E-state index is 0.0242. The van der Waals surface area contributed by atoms with Gasteiger partial charge in [-0.2, -0.15) is 0 Å². The van der Waals surface area contributed by atoms with E-state index in [0.717, 1.165) is 11.1 Å². The van der Waals surface area contributed by atoms with Crippen molar-refractivity contribution in [3.8, 4) is 17.0 Å². The van der Waals surface area contributed by atoms with Crippen LogP contribution in [0.4, 0.5) is 0 Å². The van der Waals surface area contributed by atoms with Crippen LogP contribution in [0.5, 0.6) is 5.75 Å². The van der Waals surface area contributed by atoms with Crippen molar-refractivity contribution < 1.29 is 5.11 Å². The summed E-state index contributed by atoms with van der Waals surface area (Å²) < 4.78 is 1.69. The summed E-state index contributed by atoms with van der Waals surface area (Å²) in [5, 5.41) is 11.6. The first-order chi connectivity index (χ1) is 9.72. The monoisotopic (exact) mass is 265 g/mol. The van der Waals surface area contributed by atoms with Crippen LogP contribution in [0.1, 0.15) is 6.92 Å². The van der Waals surface area contributed by atoms with Gasteiger partial charge in [0.2, 0.25) is 0 Å². The van der Waals surface area contributed by atoms with Gasteiger partial charge in [-0.05, 0) is 36.6 Å². The van der Waals surface area contributed by atoms with E-state index < -0.39 is 0 Å². The third-order valence-electron chi connectivity index (χ3n) is 3.52. The zero-order valence-electron chi connectivity index (χ0n) is 11.2. The summed E-state index contributed by atoms with van der Waals surface area (Å²) in [6, 6.07) is 16.6. The zero-order valence-corrected chi connectivity index (χ0v) is 11.2. The van der Waals surface area contributed by atoms with Gasteiger partial charge in [-0.25, -0.2) is 0 Å². The Balaban J connectivity index is 2.42. The Kier molecular flexibility index (Phi) is 3.03. The van der Waals surface area contributed by atoms with E-state index >= 15 is 0 Å². The third kappa shape index (κ3) is 1.88. The molecule has 0 bridgehead atoms. The van der Waals surface area contributed by atoms with Gasteiger partial charge in [-0.15, -0.1) is 0 Å². The Morgan fingerprint density at radius 3 is 2.50 bits per heavy atom. The molecule has 3 aromatic rings. The van der Waals surface area contributed by atoms with Gasteiger partial charge >= 0.3 is 0 Å². The molecule has 1 N–H and O–H groups in total. The zero-order chi connectivity index (χ0) is 14.1. The lowest BCUT2D eigenvalue weighted by Crippen LogP contribution is -2.21. The first kappa shape index (κ1) is 12.5. The highest BCUT2D eigenvalue weighted by Crippen LogP contribution is 2.29. The van der Waals surface area contributed by atoms with Gasteiger partial charge < -0.3 is 9.67 Å². The average Bonchev–Trinajstić information content (AvgIpc) is 2.48. The molecule has 0 amide bonds. The van der Waals surface area contributed by atoms with Crippen LogP contribution in [0.3, 0.4) is 0 Å². The molecular formula is C17H15NO2. The molecule has 0 spiro atoms. The normalized spacial score (nSPS) is 10.8. The SMILES string of the molecule is CCn1c(-c2ccccc2O)cc2ccccc2c1=O. The lowest BCUT2D eigenvalue weighted by Gasteiger charge is -2.14. The van der Waals surface area contributed by atoms with Crippen molar-refractivity contribution >= 4 is 10.8 Å². The van der Waals surface area contributed by atoms with Crippen LogP contribution < -0.4 is 5.56 Å². The highest BCUT2D eigenvalue weighted by atomic mass is 16.3. The minimum atomic E-state index is -0.0242. The molecule has 1 heterocycles. The summed E-state index contributed by atoms with van der Waals surface area (Å²) in [5.74, 6) is 0.185. The van der Waals surface area contributed by atoms with Crippen molar-refractivity contribution in [2.45, 2.75) is 13.5 Å². The number of rotatable bonds is 2. The molecule has 2 aromatic carbocycles. The van der Waals surface area contributed by atoms with Crippen LogP contribution in [-0.2, 0) is 6.54 Å². The standard InChI is InChI=1S/C17H15NO2/c1-2-18-15(14-9-5-6-10-16(14)19)11-12-7-3-4-8-13(12)17(18)20/h3-11,19H,2H2,1H3. The van der Waals surface area contributed by atoms with Crippen molar-refractivity contribution in [1.29, 1.82) is 0 Å². The molecule has 3 nitrogen and oxygen atoms in total. The van der Waals surface area contributed by atoms with Crippen LogP contribution >= 0.6 is 0 Å². The molecule has 0 saturated carbocycles. The second-order valence-electron chi connectivity index (χ2n) is 4.68. The number of aromatic hydroxyl groups is 1. The number of benzene rings is 2. The lowest BCUT2D eigenvalue weighted by atomic mass is 10.1. The van der Waals surface area contributed by atoms with Gasteiger partial charge in [0.15, 0.2) is 0 Å². The van der Waals surface area contributed by atoms with Crippen LogP contribution in [0.15, 0.2) is 59.4 Å². The summed E-state index contributed by atoms with van der Waals surface area (Å²) in [7, 11) is 0. The lowest BCUT2D eigenvalue weighted by molar-refractivity contribution is 0.476. The summed E-state index contributed by atoms with van der Waals surface area (Å²) >= 11 is 0. The molecule has 0 aliphatic carbocycles. The molecule has 0 saturated heterocycles. The Morgan fingerprint density at radius 1 is 1.05 bits per heavy atom. The highest BCUT2D eigenvalue weighted by Gasteiger charge is 2.12. The van der Waals surface area contributed by atoms with Crippen LogP contribution in [0.25, 0.3) is 22.0 Å². The first-order valence-corrected chi connectivity index (χ1v) is 6.63. The van der Waals surface area contributed by atoms with E-state index in [4.69, 9.17) is 0 Å². The number of phenolic OH excluding ortho intramolecular Hbond substituents is 1. The molecule has 3 heteroatoms. The maximum absolute atomic E-state index is 12.5. The molecule has 0 atom stereocenters. The predicted molar refractivity (Wildman–Crippen MR) is 81.0 cm³/mol. The van der Waals surface area contributed by atoms with Gasteiger partial charge in [0.1, 0.15) is 5.75 Å². The Bertz CT molecular complexity index is 834. The topological polar surface area (TPSA) is 42.2 Å².